The Morgan fingerprint density at radius 1 is 1.00 bits per heavy atom. The molecule has 0 spiro atoms. The summed E-state index contributed by atoms with van der Waals surface area (Å²) in [6, 6.07) is 6.51. The third-order valence-corrected chi connectivity index (χ3v) is 4.19. The summed E-state index contributed by atoms with van der Waals surface area (Å²) in [5.74, 6) is -2.05. The second-order valence-corrected chi connectivity index (χ2v) is 6.66. The van der Waals surface area contributed by atoms with Crippen LogP contribution in [0, 0.1) is 11.6 Å². The van der Waals surface area contributed by atoms with E-state index in [-0.39, 0.29) is 12.2 Å². The van der Waals surface area contributed by atoms with Gasteiger partial charge in [0.2, 0.25) is 0 Å². The van der Waals surface area contributed by atoms with E-state index in [1.54, 1.807) is 12.1 Å². The van der Waals surface area contributed by atoms with Gasteiger partial charge in [-0.05, 0) is 62.2 Å². The van der Waals surface area contributed by atoms with Gasteiger partial charge in [0, 0.05) is 10.0 Å². The van der Waals surface area contributed by atoms with Crippen LogP contribution in [0.2, 0.25) is 0 Å². The Hall–Kier alpha value is -0.790. The molecule has 0 N–H and O–H groups in total. The first-order valence-corrected chi connectivity index (χ1v) is 8.02. The van der Waals surface area contributed by atoms with Crippen molar-refractivity contribution >= 4 is 53.6 Å². The predicted octanol–water partition coefficient (Wildman–Crippen LogP) is 5.51. The van der Waals surface area contributed by atoms with Crippen molar-refractivity contribution in [3.63, 3.8) is 0 Å². The molecule has 0 saturated heterocycles. The van der Waals surface area contributed by atoms with Crippen LogP contribution < -0.4 is 4.74 Å². The summed E-state index contributed by atoms with van der Waals surface area (Å²) in [7, 11) is 0. The van der Waals surface area contributed by atoms with E-state index in [2.05, 4.69) is 47.8 Å². The number of ether oxygens (including phenoxy) is 1. The van der Waals surface area contributed by atoms with Crippen LogP contribution in [0.15, 0.2) is 43.7 Å². The van der Waals surface area contributed by atoms with Crippen molar-refractivity contribution in [1.29, 1.82) is 0 Å². The van der Waals surface area contributed by atoms with Crippen molar-refractivity contribution in [2.75, 3.05) is 6.61 Å². The van der Waals surface area contributed by atoms with Gasteiger partial charge in [0.1, 0.15) is 5.75 Å². The minimum Gasteiger partial charge on any atom is -0.483 e. The summed E-state index contributed by atoms with van der Waals surface area (Å²) in [6.45, 7) is -0.288. The lowest BCUT2D eigenvalue weighted by molar-refractivity contribution is 0.0920. The molecule has 2 rings (SSSR count). The molecule has 0 fully saturated rings. The third kappa shape index (κ3) is 4.11. The van der Waals surface area contributed by atoms with Crippen molar-refractivity contribution in [2.24, 2.45) is 0 Å². The van der Waals surface area contributed by atoms with Gasteiger partial charge in [-0.15, -0.1) is 0 Å². The molecule has 0 aliphatic rings. The second-order valence-electron chi connectivity index (χ2n) is 4.04. The fourth-order valence-corrected chi connectivity index (χ4v) is 4.05. The Labute approximate surface area is 144 Å². The normalized spacial score (nSPS) is 10.5. The molecule has 21 heavy (non-hydrogen) atoms. The van der Waals surface area contributed by atoms with Crippen molar-refractivity contribution in [3.8, 4) is 5.75 Å². The Morgan fingerprint density at radius 2 is 1.62 bits per heavy atom. The van der Waals surface area contributed by atoms with Gasteiger partial charge in [-0.3, -0.25) is 4.79 Å². The molecule has 0 amide bonds. The second kappa shape index (κ2) is 6.98. The maximum Gasteiger partial charge on any atom is 0.200 e. The number of hydrogen-bond acceptors (Lipinski definition) is 2. The predicted molar refractivity (Wildman–Crippen MR) is 85.7 cm³/mol. The number of Topliss-reactive ketones (excluding diaryl/α,β-unsaturated/α-hetero) is 1. The van der Waals surface area contributed by atoms with E-state index in [4.69, 9.17) is 4.74 Å². The molecular weight excluding hydrogens is 478 g/mol. The Morgan fingerprint density at radius 3 is 2.19 bits per heavy atom. The van der Waals surface area contributed by atoms with Crippen LogP contribution in [0.25, 0.3) is 0 Å². The van der Waals surface area contributed by atoms with Crippen molar-refractivity contribution in [3.05, 3.63) is 60.9 Å². The standard InChI is InChI=1S/C14H7Br3F2O2/c15-8-4-9(16)14(10(17)5-8)21-6-13(20)7-1-2-11(18)12(19)3-7/h1-5H,6H2. The quantitative estimate of drug-likeness (QED) is 0.535. The smallest absolute Gasteiger partial charge is 0.200 e. The average Bonchev–Trinajstić information content (AvgIpc) is 2.40. The van der Waals surface area contributed by atoms with Crippen LogP contribution in [0.1, 0.15) is 10.4 Å². The van der Waals surface area contributed by atoms with Gasteiger partial charge in [0.15, 0.2) is 24.0 Å². The minimum absolute atomic E-state index is 0.0539. The lowest BCUT2D eigenvalue weighted by Crippen LogP contribution is -2.12. The summed E-state index contributed by atoms with van der Waals surface area (Å²) in [4.78, 5) is 11.9. The number of benzene rings is 2. The van der Waals surface area contributed by atoms with E-state index < -0.39 is 17.4 Å². The summed E-state index contributed by atoms with van der Waals surface area (Å²) in [5, 5.41) is 0. The van der Waals surface area contributed by atoms with E-state index >= 15 is 0 Å². The number of rotatable bonds is 4. The highest BCUT2D eigenvalue weighted by Gasteiger charge is 2.13. The lowest BCUT2D eigenvalue weighted by atomic mass is 10.1. The van der Waals surface area contributed by atoms with Crippen molar-refractivity contribution in [2.45, 2.75) is 0 Å². The van der Waals surface area contributed by atoms with Gasteiger partial charge in [-0.25, -0.2) is 8.78 Å². The molecule has 2 aromatic carbocycles. The van der Waals surface area contributed by atoms with Crippen LogP contribution in [-0.2, 0) is 0 Å². The van der Waals surface area contributed by atoms with E-state index in [0.717, 1.165) is 16.6 Å². The summed E-state index contributed by atoms with van der Waals surface area (Å²) >= 11 is 9.96. The monoisotopic (exact) mass is 482 g/mol. The molecule has 0 unspecified atom stereocenters. The van der Waals surface area contributed by atoms with E-state index in [1.807, 2.05) is 0 Å². The van der Waals surface area contributed by atoms with Crippen LogP contribution in [-0.4, -0.2) is 12.4 Å². The van der Waals surface area contributed by atoms with Gasteiger partial charge in [0.05, 0.1) is 8.95 Å². The zero-order valence-corrected chi connectivity index (χ0v) is 15.1. The molecule has 110 valence electrons. The molecular formula is C14H7Br3F2O2. The molecule has 0 aliphatic carbocycles. The van der Waals surface area contributed by atoms with Crippen molar-refractivity contribution in [1.82, 2.24) is 0 Å². The number of carbonyl (C=O) groups is 1. The topological polar surface area (TPSA) is 26.3 Å². The Balaban J connectivity index is 2.13. The summed E-state index contributed by atoms with van der Waals surface area (Å²) in [5.41, 5.74) is 0.0539. The number of halogens is 5. The minimum atomic E-state index is -1.06. The average molecular weight is 485 g/mol. The first-order chi connectivity index (χ1) is 9.88. The Kier molecular flexibility index (Phi) is 5.51. The Bertz CT molecular complexity index is 682. The summed E-state index contributed by atoms with van der Waals surface area (Å²) < 4.78 is 33.5. The maximum atomic E-state index is 13.1. The zero-order valence-electron chi connectivity index (χ0n) is 10.3. The lowest BCUT2D eigenvalue weighted by Gasteiger charge is -2.10. The molecule has 0 aromatic heterocycles. The van der Waals surface area contributed by atoms with Gasteiger partial charge >= 0.3 is 0 Å². The SMILES string of the molecule is O=C(COc1c(Br)cc(Br)cc1Br)c1ccc(F)c(F)c1. The number of carbonyl (C=O) groups excluding carboxylic acids is 1. The molecule has 0 bridgehead atoms. The maximum absolute atomic E-state index is 13.1. The molecule has 2 aromatic rings. The summed E-state index contributed by atoms with van der Waals surface area (Å²) in [6.07, 6.45) is 0. The molecule has 0 atom stereocenters. The molecule has 0 heterocycles. The van der Waals surface area contributed by atoms with Gasteiger partial charge < -0.3 is 4.74 Å². The molecule has 0 saturated carbocycles. The van der Waals surface area contributed by atoms with Gasteiger partial charge in [-0.2, -0.15) is 0 Å². The third-order valence-electron chi connectivity index (χ3n) is 2.55. The largest absolute Gasteiger partial charge is 0.483 e. The van der Waals surface area contributed by atoms with E-state index in [0.29, 0.717) is 14.7 Å². The van der Waals surface area contributed by atoms with Gasteiger partial charge in [-0.1, -0.05) is 15.9 Å². The first-order valence-electron chi connectivity index (χ1n) is 5.64. The van der Waals surface area contributed by atoms with E-state index in [1.165, 1.54) is 6.07 Å². The highest BCUT2D eigenvalue weighted by molar-refractivity contribution is 9.11. The highest BCUT2D eigenvalue weighted by atomic mass is 79.9. The number of ketones is 1. The van der Waals surface area contributed by atoms with Crippen LogP contribution in [0.3, 0.4) is 0 Å². The number of hydrogen-bond donors (Lipinski definition) is 0. The molecule has 2 nitrogen and oxygen atoms in total. The first kappa shape index (κ1) is 16.6. The fourth-order valence-electron chi connectivity index (χ4n) is 1.56. The van der Waals surface area contributed by atoms with E-state index in [9.17, 15) is 13.6 Å². The molecule has 7 heteroatoms. The highest BCUT2D eigenvalue weighted by Crippen LogP contribution is 2.36. The zero-order chi connectivity index (χ0) is 15.6. The van der Waals surface area contributed by atoms with Crippen LogP contribution in [0.4, 0.5) is 8.78 Å². The molecule has 0 radical (unpaired) electrons. The van der Waals surface area contributed by atoms with Gasteiger partial charge in [0.25, 0.3) is 0 Å². The fraction of sp³-hybridized carbons (Fsp3) is 0.0714. The van der Waals surface area contributed by atoms with Crippen LogP contribution >= 0.6 is 47.8 Å². The molecule has 0 aliphatic heterocycles. The van der Waals surface area contributed by atoms with Crippen molar-refractivity contribution < 1.29 is 18.3 Å². The van der Waals surface area contributed by atoms with Crippen LogP contribution in [0.5, 0.6) is 5.75 Å².